The van der Waals surface area contributed by atoms with Crippen LogP contribution in [-0.2, 0) is 0 Å². The van der Waals surface area contributed by atoms with Gasteiger partial charge in [0.05, 0.1) is 0 Å². The van der Waals surface area contributed by atoms with Crippen LogP contribution in [0.2, 0.25) is 0 Å². The van der Waals surface area contributed by atoms with Gasteiger partial charge in [-0.05, 0) is 60.6 Å². The Morgan fingerprint density at radius 1 is 0.850 bits per heavy atom. The molecule has 0 aromatic heterocycles. The first kappa shape index (κ1) is 14.8. The van der Waals surface area contributed by atoms with Crippen LogP contribution in [0.15, 0.2) is 30.3 Å². The van der Waals surface area contributed by atoms with E-state index in [0.29, 0.717) is 5.92 Å². The Labute approximate surface area is 123 Å². The number of benzene rings is 2. The van der Waals surface area contributed by atoms with Crippen LogP contribution in [0.1, 0.15) is 60.9 Å². The maximum absolute atomic E-state index is 2.36. The van der Waals surface area contributed by atoms with Gasteiger partial charge >= 0.3 is 0 Å². The highest BCUT2D eigenvalue weighted by molar-refractivity contribution is 5.81. The normalized spacial score (nSPS) is 15.2. The van der Waals surface area contributed by atoms with Gasteiger partial charge in [-0.2, -0.15) is 0 Å². The molecule has 0 saturated carbocycles. The zero-order chi connectivity index (χ0) is 14.9. The molecule has 0 nitrogen and oxygen atoms in total. The summed E-state index contributed by atoms with van der Waals surface area (Å²) in [6, 6.07) is 11.4. The third kappa shape index (κ3) is 2.18. The summed E-state index contributed by atoms with van der Waals surface area (Å²) in [4.78, 5) is 0. The van der Waals surface area contributed by atoms with Crippen molar-refractivity contribution in [2.75, 3.05) is 0 Å². The Morgan fingerprint density at radius 3 is 2.15 bits per heavy atom. The molecule has 0 spiro atoms. The van der Waals surface area contributed by atoms with Gasteiger partial charge < -0.3 is 0 Å². The van der Waals surface area contributed by atoms with Crippen molar-refractivity contribution in [3.63, 3.8) is 0 Å². The van der Waals surface area contributed by atoms with Gasteiger partial charge in [0.25, 0.3) is 0 Å². The summed E-state index contributed by atoms with van der Waals surface area (Å²) in [5, 5.41) is 0. The molecule has 2 aromatic carbocycles. The zero-order valence-corrected chi connectivity index (χ0v) is 13.7. The SMILES string of the molecule is CC.CC[C@H]1c2c(C)cccc2-c2cc(C)cc(C)c21. The second-order valence-electron chi connectivity index (χ2n) is 5.54. The van der Waals surface area contributed by atoms with Gasteiger partial charge in [-0.25, -0.2) is 0 Å². The van der Waals surface area contributed by atoms with Crippen LogP contribution < -0.4 is 0 Å². The van der Waals surface area contributed by atoms with Crippen molar-refractivity contribution in [2.24, 2.45) is 0 Å². The van der Waals surface area contributed by atoms with E-state index in [1.807, 2.05) is 13.8 Å². The average Bonchev–Trinajstić information content (AvgIpc) is 2.77. The van der Waals surface area contributed by atoms with Crippen LogP contribution in [0, 0.1) is 20.8 Å². The third-order valence-corrected chi connectivity index (χ3v) is 4.25. The lowest BCUT2D eigenvalue weighted by Crippen LogP contribution is -1.99. The quantitative estimate of drug-likeness (QED) is 0.580. The van der Waals surface area contributed by atoms with Crippen LogP contribution in [0.3, 0.4) is 0 Å². The van der Waals surface area contributed by atoms with Gasteiger partial charge in [-0.3, -0.25) is 0 Å². The largest absolute Gasteiger partial charge is 0.0683 e. The molecule has 1 atom stereocenters. The molecule has 0 unspecified atom stereocenters. The first-order chi connectivity index (χ1) is 9.63. The van der Waals surface area contributed by atoms with Crippen molar-refractivity contribution in [1.82, 2.24) is 0 Å². The number of hydrogen-bond donors (Lipinski definition) is 0. The van der Waals surface area contributed by atoms with E-state index in [9.17, 15) is 0 Å². The van der Waals surface area contributed by atoms with Crippen molar-refractivity contribution in [3.8, 4) is 11.1 Å². The molecule has 0 saturated heterocycles. The fourth-order valence-electron chi connectivity index (χ4n) is 3.59. The summed E-state index contributed by atoms with van der Waals surface area (Å²) in [5.41, 5.74) is 10.3. The lowest BCUT2D eigenvalue weighted by Gasteiger charge is -2.15. The number of fused-ring (bicyclic) bond motifs is 3. The van der Waals surface area contributed by atoms with Crippen LogP contribution >= 0.6 is 0 Å². The average molecular weight is 266 g/mol. The van der Waals surface area contributed by atoms with Gasteiger partial charge in [-0.1, -0.05) is 56.7 Å². The first-order valence-corrected chi connectivity index (χ1v) is 7.84. The Bertz CT molecular complexity index is 620. The highest BCUT2D eigenvalue weighted by atomic mass is 14.3. The molecular weight excluding hydrogens is 240 g/mol. The van der Waals surface area contributed by atoms with Crippen LogP contribution in [0.25, 0.3) is 11.1 Å². The van der Waals surface area contributed by atoms with E-state index < -0.39 is 0 Å². The molecule has 3 rings (SSSR count). The lowest BCUT2D eigenvalue weighted by molar-refractivity contribution is 0.785. The van der Waals surface area contributed by atoms with Gasteiger partial charge in [-0.15, -0.1) is 0 Å². The summed E-state index contributed by atoms with van der Waals surface area (Å²) in [7, 11) is 0. The summed E-state index contributed by atoms with van der Waals surface area (Å²) >= 11 is 0. The smallest absolute Gasteiger partial charge is 0.0104 e. The molecule has 1 aliphatic carbocycles. The van der Waals surface area contributed by atoms with E-state index in [1.54, 1.807) is 11.1 Å². The summed E-state index contributed by atoms with van der Waals surface area (Å²) in [6.45, 7) is 13.0. The van der Waals surface area contributed by atoms with Crippen molar-refractivity contribution in [3.05, 3.63) is 58.1 Å². The van der Waals surface area contributed by atoms with Crippen molar-refractivity contribution in [2.45, 2.75) is 53.9 Å². The molecule has 0 amide bonds. The highest BCUT2D eigenvalue weighted by Gasteiger charge is 2.29. The molecular formula is C20H26. The fraction of sp³-hybridized carbons (Fsp3) is 0.400. The molecule has 0 bridgehead atoms. The first-order valence-electron chi connectivity index (χ1n) is 7.84. The molecule has 0 heteroatoms. The molecule has 106 valence electrons. The summed E-state index contributed by atoms with van der Waals surface area (Å²) in [6.07, 6.45) is 1.19. The lowest BCUT2D eigenvalue weighted by atomic mass is 9.89. The molecule has 0 N–H and O–H groups in total. The van der Waals surface area contributed by atoms with E-state index in [1.165, 1.54) is 34.2 Å². The van der Waals surface area contributed by atoms with Gasteiger partial charge in [0.15, 0.2) is 0 Å². The molecule has 20 heavy (non-hydrogen) atoms. The maximum atomic E-state index is 2.36. The zero-order valence-electron chi connectivity index (χ0n) is 13.7. The number of hydrogen-bond acceptors (Lipinski definition) is 0. The molecule has 0 aliphatic heterocycles. The van der Waals surface area contributed by atoms with Crippen molar-refractivity contribution >= 4 is 0 Å². The van der Waals surface area contributed by atoms with Crippen LogP contribution in [0.4, 0.5) is 0 Å². The fourth-order valence-corrected chi connectivity index (χ4v) is 3.59. The minimum absolute atomic E-state index is 0.594. The number of aryl methyl sites for hydroxylation is 3. The molecule has 0 heterocycles. The minimum Gasteiger partial charge on any atom is -0.0683 e. The topological polar surface area (TPSA) is 0 Å². The van der Waals surface area contributed by atoms with Crippen LogP contribution in [-0.4, -0.2) is 0 Å². The van der Waals surface area contributed by atoms with Crippen molar-refractivity contribution < 1.29 is 0 Å². The predicted octanol–water partition coefficient (Wildman–Crippen LogP) is 6.16. The highest BCUT2D eigenvalue weighted by Crippen LogP contribution is 2.49. The minimum atomic E-state index is 0.594. The second-order valence-corrected chi connectivity index (χ2v) is 5.54. The third-order valence-electron chi connectivity index (χ3n) is 4.25. The van der Waals surface area contributed by atoms with Gasteiger partial charge in [0.1, 0.15) is 0 Å². The standard InChI is InChI=1S/C18H20.C2H6/c1-5-14-17-12(3)7-6-8-15(17)16-10-11(2)9-13(4)18(14)16;1-2/h6-10,14H,5H2,1-4H3;1-2H3/t14-;/m0./s1. The van der Waals surface area contributed by atoms with Gasteiger partial charge in [0.2, 0.25) is 0 Å². The summed E-state index contributed by atoms with van der Waals surface area (Å²) < 4.78 is 0. The molecule has 1 aliphatic rings. The van der Waals surface area contributed by atoms with E-state index in [-0.39, 0.29) is 0 Å². The van der Waals surface area contributed by atoms with E-state index >= 15 is 0 Å². The molecule has 0 radical (unpaired) electrons. The Morgan fingerprint density at radius 2 is 1.50 bits per heavy atom. The Hall–Kier alpha value is -1.56. The molecule has 0 fully saturated rings. The maximum Gasteiger partial charge on any atom is 0.0104 e. The number of rotatable bonds is 1. The van der Waals surface area contributed by atoms with Crippen LogP contribution in [0.5, 0.6) is 0 Å². The monoisotopic (exact) mass is 266 g/mol. The van der Waals surface area contributed by atoms with E-state index in [2.05, 4.69) is 58.0 Å². The second kappa shape index (κ2) is 5.83. The molecule has 2 aromatic rings. The van der Waals surface area contributed by atoms with Gasteiger partial charge in [0, 0.05) is 5.92 Å². The Kier molecular flexibility index (Phi) is 4.32. The van der Waals surface area contributed by atoms with E-state index in [0.717, 1.165) is 0 Å². The predicted molar refractivity (Wildman–Crippen MR) is 89.6 cm³/mol. The van der Waals surface area contributed by atoms with Crippen molar-refractivity contribution in [1.29, 1.82) is 0 Å². The Balaban J connectivity index is 0.000000704. The summed E-state index contributed by atoms with van der Waals surface area (Å²) in [5.74, 6) is 0.594. The van der Waals surface area contributed by atoms with E-state index in [4.69, 9.17) is 0 Å².